The molecule has 0 saturated heterocycles. The number of nitrogens with one attached hydrogen (secondary N) is 1. The van der Waals surface area contributed by atoms with Crippen LogP contribution in [-0.4, -0.2) is 30.9 Å². The normalized spacial score (nSPS) is 13.0. The quantitative estimate of drug-likeness (QED) is 0.358. The van der Waals surface area contributed by atoms with Crippen LogP contribution in [0.1, 0.15) is 26.7 Å². The van der Waals surface area contributed by atoms with Crippen molar-refractivity contribution in [1.29, 1.82) is 0 Å². The van der Waals surface area contributed by atoms with Crippen LogP contribution in [0.15, 0.2) is 0 Å². The fourth-order valence-electron chi connectivity index (χ4n) is 1.12. The molecule has 1 unspecified atom stereocenters. The summed E-state index contributed by atoms with van der Waals surface area (Å²) in [5.41, 5.74) is 2.12. The molecule has 1 atom stereocenters. The van der Waals surface area contributed by atoms with Crippen molar-refractivity contribution in [3.63, 3.8) is 0 Å². The van der Waals surface area contributed by atoms with Gasteiger partial charge in [-0.05, 0) is 13.0 Å². The van der Waals surface area contributed by atoms with Crippen molar-refractivity contribution < 1.29 is 4.79 Å². The van der Waals surface area contributed by atoms with Gasteiger partial charge in [0, 0.05) is 19.5 Å². The summed E-state index contributed by atoms with van der Waals surface area (Å²) in [4.78, 5) is 13.0. The molecule has 3 N–H and O–H groups in total. The number of carbonyl (C=O) groups is 1. The molecular weight excluding hydrogens is 166 g/mol. The van der Waals surface area contributed by atoms with Crippen molar-refractivity contribution in [3.05, 3.63) is 0 Å². The molecule has 1 amide bonds. The summed E-state index contributed by atoms with van der Waals surface area (Å²) in [6.45, 7) is 6.19. The van der Waals surface area contributed by atoms with Crippen LogP contribution in [0.2, 0.25) is 0 Å². The molecule has 0 bridgehead atoms. The summed E-state index contributed by atoms with van der Waals surface area (Å²) in [5, 5.41) is 0. The Labute approximate surface area is 80.4 Å². The van der Waals surface area contributed by atoms with Gasteiger partial charge in [-0.1, -0.05) is 20.3 Å². The lowest BCUT2D eigenvalue weighted by molar-refractivity contribution is -0.121. The van der Waals surface area contributed by atoms with Crippen molar-refractivity contribution >= 4 is 5.91 Å². The number of hydrazine groups is 1. The maximum Gasteiger partial charge on any atom is 0.235 e. The first-order chi connectivity index (χ1) is 6.10. The van der Waals surface area contributed by atoms with E-state index in [1.807, 2.05) is 7.05 Å². The first kappa shape index (κ1) is 12.4. The monoisotopic (exact) mass is 187 g/mol. The number of hydrogen-bond donors (Lipinski definition) is 2. The maximum absolute atomic E-state index is 10.8. The molecule has 0 aromatic rings. The summed E-state index contributed by atoms with van der Waals surface area (Å²) in [5.74, 6) is 5.55. The van der Waals surface area contributed by atoms with Gasteiger partial charge in [0.25, 0.3) is 0 Å². The zero-order valence-corrected chi connectivity index (χ0v) is 8.84. The molecule has 0 heterocycles. The average Bonchev–Trinajstić information content (AvgIpc) is 2.13. The van der Waals surface area contributed by atoms with Crippen molar-refractivity contribution in [2.24, 2.45) is 11.8 Å². The molecule has 0 aliphatic rings. The average molecular weight is 187 g/mol. The number of hydrogen-bond acceptors (Lipinski definition) is 3. The second-order valence-corrected chi connectivity index (χ2v) is 3.59. The number of nitrogens with zero attached hydrogens (tertiary/aromatic N) is 1. The molecule has 0 aliphatic carbocycles. The highest BCUT2D eigenvalue weighted by molar-refractivity contribution is 5.75. The zero-order valence-electron chi connectivity index (χ0n) is 8.84. The third-order valence-corrected chi connectivity index (χ3v) is 2.20. The topological polar surface area (TPSA) is 58.4 Å². The van der Waals surface area contributed by atoms with Crippen LogP contribution in [-0.2, 0) is 4.79 Å². The van der Waals surface area contributed by atoms with E-state index < -0.39 is 0 Å². The van der Waals surface area contributed by atoms with Crippen molar-refractivity contribution in [2.45, 2.75) is 26.7 Å². The van der Waals surface area contributed by atoms with Gasteiger partial charge in [-0.2, -0.15) is 0 Å². The summed E-state index contributed by atoms with van der Waals surface area (Å²) >= 11 is 0. The number of amides is 1. The Hall–Kier alpha value is -0.610. The van der Waals surface area contributed by atoms with E-state index in [0.29, 0.717) is 12.3 Å². The molecule has 0 aromatic carbocycles. The molecule has 0 saturated carbocycles. The van der Waals surface area contributed by atoms with Gasteiger partial charge >= 0.3 is 0 Å². The highest BCUT2D eigenvalue weighted by Gasteiger charge is 2.05. The number of rotatable bonds is 6. The van der Waals surface area contributed by atoms with Gasteiger partial charge in [0.1, 0.15) is 0 Å². The van der Waals surface area contributed by atoms with Crippen LogP contribution in [0.4, 0.5) is 0 Å². The molecule has 0 aromatic heterocycles. The van der Waals surface area contributed by atoms with Gasteiger partial charge in [0.15, 0.2) is 0 Å². The SMILES string of the molecule is CCC(C)CN(C)CCC(=O)NN. The van der Waals surface area contributed by atoms with Gasteiger partial charge in [-0.3, -0.25) is 10.2 Å². The van der Waals surface area contributed by atoms with Crippen LogP contribution in [0.25, 0.3) is 0 Å². The van der Waals surface area contributed by atoms with Crippen molar-refractivity contribution in [1.82, 2.24) is 10.3 Å². The molecule has 0 spiro atoms. The lowest BCUT2D eigenvalue weighted by Crippen LogP contribution is -2.34. The summed E-state index contributed by atoms with van der Waals surface area (Å²) in [6, 6.07) is 0. The van der Waals surface area contributed by atoms with E-state index in [4.69, 9.17) is 5.84 Å². The highest BCUT2D eigenvalue weighted by Crippen LogP contribution is 2.02. The fourth-order valence-corrected chi connectivity index (χ4v) is 1.12. The van der Waals surface area contributed by atoms with Gasteiger partial charge in [-0.15, -0.1) is 0 Å². The minimum absolute atomic E-state index is 0.101. The van der Waals surface area contributed by atoms with E-state index in [0.717, 1.165) is 13.1 Å². The summed E-state index contributed by atoms with van der Waals surface area (Å²) in [6.07, 6.45) is 1.65. The molecule has 0 fully saturated rings. The minimum Gasteiger partial charge on any atom is -0.306 e. The third kappa shape index (κ3) is 6.54. The molecule has 4 heteroatoms. The zero-order chi connectivity index (χ0) is 10.3. The summed E-state index contributed by atoms with van der Waals surface area (Å²) in [7, 11) is 2.02. The first-order valence-electron chi connectivity index (χ1n) is 4.78. The Bertz CT molecular complexity index is 150. The molecule has 0 aliphatic heterocycles. The Morgan fingerprint density at radius 2 is 2.23 bits per heavy atom. The van der Waals surface area contributed by atoms with Crippen LogP contribution < -0.4 is 11.3 Å². The Morgan fingerprint density at radius 1 is 1.62 bits per heavy atom. The van der Waals surface area contributed by atoms with E-state index >= 15 is 0 Å². The predicted octanol–water partition coefficient (Wildman–Crippen LogP) is 0.344. The molecule has 4 nitrogen and oxygen atoms in total. The van der Waals surface area contributed by atoms with E-state index in [-0.39, 0.29) is 5.91 Å². The Morgan fingerprint density at radius 3 is 2.69 bits per heavy atom. The smallest absolute Gasteiger partial charge is 0.235 e. The molecule has 0 rings (SSSR count). The van der Waals surface area contributed by atoms with E-state index in [2.05, 4.69) is 24.2 Å². The van der Waals surface area contributed by atoms with Crippen LogP contribution >= 0.6 is 0 Å². The first-order valence-corrected chi connectivity index (χ1v) is 4.78. The standard InChI is InChI=1S/C9H21N3O/c1-4-8(2)7-12(3)6-5-9(13)11-10/h8H,4-7,10H2,1-3H3,(H,11,13). The van der Waals surface area contributed by atoms with E-state index in [1.54, 1.807) is 0 Å². The summed E-state index contributed by atoms with van der Waals surface area (Å²) < 4.78 is 0. The predicted molar refractivity (Wildman–Crippen MR) is 53.9 cm³/mol. The third-order valence-electron chi connectivity index (χ3n) is 2.20. The van der Waals surface area contributed by atoms with Crippen molar-refractivity contribution in [2.75, 3.05) is 20.1 Å². The minimum atomic E-state index is -0.101. The highest BCUT2D eigenvalue weighted by atomic mass is 16.2. The lowest BCUT2D eigenvalue weighted by atomic mass is 10.1. The van der Waals surface area contributed by atoms with Crippen LogP contribution in [0, 0.1) is 5.92 Å². The van der Waals surface area contributed by atoms with Gasteiger partial charge in [-0.25, -0.2) is 5.84 Å². The fraction of sp³-hybridized carbons (Fsp3) is 0.889. The Kier molecular flexibility index (Phi) is 6.54. The second kappa shape index (κ2) is 6.86. The molecular formula is C9H21N3O. The van der Waals surface area contributed by atoms with Gasteiger partial charge < -0.3 is 4.90 Å². The maximum atomic E-state index is 10.8. The number of carbonyl (C=O) groups excluding carboxylic acids is 1. The van der Waals surface area contributed by atoms with E-state index in [9.17, 15) is 4.79 Å². The van der Waals surface area contributed by atoms with Crippen LogP contribution in [0.3, 0.4) is 0 Å². The van der Waals surface area contributed by atoms with E-state index in [1.165, 1.54) is 6.42 Å². The van der Waals surface area contributed by atoms with Gasteiger partial charge in [0.2, 0.25) is 5.91 Å². The molecule has 0 radical (unpaired) electrons. The molecule has 13 heavy (non-hydrogen) atoms. The second-order valence-electron chi connectivity index (χ2n) is 3.59. The van der Waals surface area contributed by atoms with Crippen LogP contribution in [0.5, 0.6) is 0 Å². The van der Waals surface area contributed by atoms with Gasteiger partial charge in [0.05, 0.1) is 0 Å². The molecule has 78 valence electrons. The number of nitrogens with two attached hydrogens (primary N) is 1. The largest absolute Gasteiger partial charge is 0.306 e. The Balaban J connectivity index is 3.50. The lowest BCUT2D eigenvalue weighted by Gasteiger charge is -2.19. The van der Waals surface area contributed by atoms with Crippen molar-refractivity contribution in [3.8, 4) is 0 Å².